The molecule has 0 unspecified atom stereocenters. The fourth-order valence-corrected chi connectivity index (χ4v) is 1.22. The average molecular weight is 286 g/mol. The first-order chi connectivity index (χ1) is 9.03. The first-order valence-electron chi connectivity index (χ1n) is 6.18. The Labute approximate surface area is 118 Å². The summed E-state index contributed by atoms with van der Waals surface area (Å²) >= 11 is 0. The van der Waals surface area contributed by atoms with E-state index in [2.05, 4.69) is 9.72 Å². The molecule has 0 bridgehead atoms. The molecule has 0 amide bonds. The lowest BCUT2D eigenvalue weighted by Crippen LogP contribution is -2.49. The minimum absolute atomic E-state index is 0.112. The van der Waals surface area contributed by atoms with Gasteiger partial charge in [-0.3, -0.25) is 0 Å². The maximum absolute atomic E-state index is 12.1. The van der Waals surface area contributed by atoms with Crippen molar-refractivity contribution in [1.82, 2.24) is 4.98 Å². The Balaban J connectivity index is 2.73. The van der Waals surface area contributed by atoms with Crippen LogP contribution in [0.25, 0.3) is 0 Å². The van der Waals surface area contributed by atoms with E-state index in [-0.39, 0.29) is 5.88 Å². The van der Waals surface area contributed by atoms with Crippen molar-refractivity contribution >= 4 is 12.9 Å². The Morgan fingerprint density at radius 3 is 2.35 bits per heavy atom. The smallest absolute Gasteiger partial charge is 0.388 e. The maximum Gasteiger partial charge on any atom is 0.388 e. The zero-order valence-corrected chi connectivity index (χ0v) is 12.3. The first-order valence-corrected chi connectivity index (χ1v) is 6.18. The van der Waals surface area contributed by atoms with Crippen LogP contribution < -0.4 is 10.2 Å². The third kappa shape index (κ3) is 4.42. The van der Waals surface area contributed by atoms with Gasteiger partial charge in [0.2, 0.25) is 5.88 Å². The summed E-state index contributed by atoms with van der Waals surface area (Å²) in [5, 5.41) is 9.96. The molecule has 0 atom stereocenters. The van der Waals surface area contributed by atoms with Crippen LogP contribution >= 0.6 is 0 Å². The minimum atomic E-state index is -2.90. The van der Waals surface area contributed by atoms with Crippen molar-refractivity contribution in [3.63, 3.8) is 0 Å². The zero-order chi connectivity index (χ0) is 15.6. The Kier molecular flexibility index (Phi) is 5.10. The highest BCUT2D eigenvalue weighted by Crippen LogP contribution is 2.24. The lowest BCUT2D eigenvalue weighted by atomic mass is 9.83. The molecule has 0 saturated carbocycles. The Hall–Kier alpha value is -1.21. The topological polar surface area (TPSA) is 51.6 Å². The standard InChI is InChI=1S/C13H19BF2NO3/c1-8-6-9(7-17-10(8)19-11(15)16)14-20-13(4,5)12(2,3)18/h6-7,11,18H,1-5H3. The number of aromatic nitrogens is 1. The fraction of sp³-hybridized carbons (Fsp3) is 0.615. The zero-order valence-electron chi connectivity index (χ0n) is 12.3. The molecule has 1 rings (SSSR count). The van der Waals surface area contributed by atoms with Crippen molar-refractivity contribution in [2.45, 2.75) is 52.4 Å². The van der Waals surface area contributed by atoms with Gasteiger partial charge >= 0.3 is 14.1 Å². The van der Waals surface area contributed by atoms with Crippen molar-refractivity contribution in [1.29, 1.82) is 0 Å². The van der Waals surface area contributed by atoms with Crippen LogP contribution in [0.1, 0.15) is 33.3 Å². The normalized spacial score (nSPS) is 12.7. The molecule has 1 heterocycles. The quantitative estimate of drug-likeness (QED) is 0.810. The summed E-state index contributed by atoms with van der Waals surface area (Å²) in [5.41, 5.74) is -0.769. The van der Waals surface area contributed by atoms with Crippen LogP contribution in [-0.2, 0) is 4.65 Å². The second kappa shape index (κ2) is 6.05. The molecule has 0 aromatic carbocycles. The highest BCUT2D eigenvalue weighted by molar-refractivity contribution is 6.46. The van der Waals surface area contributed by atoms with Crippen molar-refractivity contribution in [2.75, 3.05) is 0 Å². The molecule has 1 aromatic heterocycles. The summed E-state index contributed by atoms with van der Waals surface area (Å²) in [6.45, 7) is 5.49. The van der Waals surface area contributed by atoms with E-state index < -0.39 is 17.8 Å². The number of hydrogen-bond acceptors (Lipinski definition) is 4. The number of ether oxygens (including phenoxy) is 1. The average Bonchev–Trinajstić information content (AvgIpc) is 2.28. The molecular formula is C13H19BF2NO3. The van der Waals surface area contributed by atoms with Crippen LogP contribution in [0.5, 0.6) is 5.88 Å². The number of aryl methyl sites for hydroxylation is 1. The number of aliphatic hydroxyl groups is 1. The van der Waals surface area contributed by atoms with Gasteiger partial charge in [0.1, 0.15) is 0 Å². The van der Waals surface area contributed by atoms with Gasteiger partial charge in [0.15, 0.2) is 0 Å². The lowest BCUT2D eigenvalue weighted by Gasteiger charge is -2.37. The Morgan fingerprint density at radius 2 is 1.90 bits per heavy atom. The summed E-state index contributed by atoms with van der Waals surface area (Å²) in [5.74, 6) is -0.112. The van der Waals surface area contributed by atoms with Gasteiger partial charge in [-0.25, -0.2) is 4.98 Å². The van der Waals surface area contributed by atoms with Crippen molar-refractivity contribution in [3.05, 3.63) is 17.8 Å². The van der Waals surface area contributed by atoms with E-state index in [0.29, 0.717) is 11.0 Å². The second-order valence-corrected chi connectivity index (χ2v) is 5.57. The largest absolute Gasteiger partial charge is 0.427 e. The fourth-order valence-electron chi connectivity index (χ4n) is 1.22. The summed E-state index contributed by atoms with van der Waals surface area (Å²) in [6, 6.07) is 1.62. The summed E-state index contributed by atoms with van der Waals surface area (Å²) < 4.78 is 34.0. The minimum Gasteiger partial charge on any atom is -0.427 e. The molecule has 1 aromatic rings. The van der Waals surface area contributed by atoms with Gasteiger partial charge in [-0.05, 0) is 40.1 Å². The predicted octanol–water partition coefficient (Wildman–Crippen LogP) is 1.80. The second-order valence-electron chi connectivity index (χ2n) is 5.57. The Morgan fingerprint density at radius 1 is 1.30 bits per heavy atom. The van der Waals surface area contributed by atoms with E-state index >= 15 is 0 Å². The van der Waals surface area contributed by atoms with E-state index in [9.17, 15) is 13.9 Å². The van der Waals surface area contributed by atoms with Crippen LogP contribution in [-0.4, -0.2) is 35.4 Å². The molecule has 0 fully saturated rings. The summed E-state index contributed by atoms with van der Waals surface area (Å²) in [6.07, 6.45) is 1.37. The molecular weight excluding hydrogens is 267 g/mol. The van der Waals surface area contributed by atoms with Gasteiger partial charge in [0.25, 0.3) is 0 Å². The SMILES string of the molecule is Cc1cc([B]OC(C)(C)C(C)(C)O)cnc1OC(F)F. The summed E-state index contributed by atoms with van der Waals surface area (Å²) in [7, 11) is 1.43. The van der Waals surface area contributed by atoms with E-state index in [4.69, 9.17) is 4.65 Å². The number of hydrogen-bond donors (Lipinski definition) is 1. The molecule has 1 radical (unpaired) electrons. The Bertz CT molecular complexity index is 461. The van der Waals surface area contributed by atoms with E-state index in [0.717, 1.165) is 0 Å². The van der Waals surface area contributed by atoms with Gasteiger partial charge < -0.3 is 14.5 Å². The lowest BCUT2D eigenvalue weighted by molar-refractivity contribution is -0.0893. The van der Waals surface area contributed by atoms with Crippen LogP contribution in [0.4, 0.5) is 8.78 Å². The molecule has 0 aliphatic rings. The highest BCUT2D eigenvalue weighted by Gasteiger charge is 2.35. The van der Waals surface area contributed by atoms with Crippen LogP contribution in [0.3, 0.4) is 0 Å². The number of nitrogens with zero attached hydrogens (tertiary/aromatic N) is 1. The molecule has 4 nitrogen and oxygen atoms in total. The van der Waals surface area contributed by atoms with Crippen molar-refractivity contribution in [3.8, 4) is 5.88 Å². The van der Waals surface area contributed by atoms with Gasteiger partial charge in [-0.1, -0.05) is 6.07 Å². The van der Waals surface area contributed by atoms with Crippen LogP contribution in [0, 0.1) is 6.92 Å². The maximum atomic E-state index is 12.1. The first kappa shape index (κ1) is 16.8. The van der Waals surface area contributed by atoms with Gasteiger partial charge in [-0.15, -0.1) is 0 Å². The number of halogens is 2. The highest BCUT2D eigenvalue weighted by atomic mass is 19.3. The number of rotatable bonds is 6. The number of pyridine rings is 1. The van der Waals surface area contributed by atoms with Crippen LogP contribution in [0.2, 0.25) is 0 Å². The monoisotopic (exact) mass is 286 g/mol. The number of alkyl halides is 2. The van der Waals surface area contributed by atoms with E-state index in [1.54, 1.807) is 40.7 Å². The van der Waals surface area contributed by atoms with Gasteiger partial charge in [0, 0.05) is 11.8 Å². The van der Waals surface area contributed by atoms with E-state index in [1.165, 1.54) is 13.7 Å². The van der Waals surface area contributed by atoms with Gasteiger partial charge in [-0.2, -0.15) is 8.78 Å². The molecule has 20 heavy (non-hydrogen) atoms. The molecule has 111 valence electrons. The molecule has 1 N–H and O–H groups in total. The molecule has 0 aliphatic heterocycles. The third-order valence-electron chi connectivity index (χ3n) is 3.22. The third-order valence-corrected chi connectivity index (χ3v) is 3.22. The van der Waals surface area contributed by atoms with Crippen LogP contribution in [0.15, 0.2) is 12.3 Å². The van der Waals surface area contributed by atoms with E-state index in [1.807, 2.05) is 0 Å². The predicted molar refractivity (Wildman–Crippen MR) is 72.5 cm³/mol. The van der Waals surface area contributed by atoms with Crippen molar-refractivity contribution in [2.24, 2.45) is 0 Å². The molecule has 7 heteroatoms. The van der Waals surface area contributed by atoms with Gasteiger partial charge in [0.05, 0.1) is 11.2 Å². The summed E-state index contributed by atoms with van der Waals surface area (Å²) in [4.78, 5) is 3.81. The molecule has 0 aliphatic carbocycles. The molecule has 0 saturated heterocycles. The molecule has 0 spiro atoms. The van der Waals surface area contributed by atoms with Crippen molar-refractivity contribution < 1.29 is 23.3 Å².